The molecule has 0 heterocycles. The fraction of sp³-hybridized carbons (Fsp3) is 1.00. The highest BCUT2D eigenvalue weighted by atomic mass is 16.3. The van der Waals surface area contributed by atoms with Gasteiger partial charge in [-0.05, 0) is 43.9 Å². The molecule has 3 atom stereocenters. The maximum atomic E-state index is 10.6. The van der Waals surface area contributed by atoms with Crippen LogP contribution in [0.5, 0.6) is 0 Å². The molecular formula is C13H24O. The molecule has 1 heteroatoms. The molecule has 0 radical (unpaired) electrons. The lowest BCUT2D eigenvalue weighted by atomic mass is 9.68. The van der Waals surface area contributed by atoms with Gasteiger partial charge in [0.2, 0.25) is 0 Å². The normalized spacial score (nSPS) is 37.9. The number of rotatable bonds is 3. The SMILES string of the molecule is CCC1CCCCC1C(C)(O)C1CC1. The maximum Gasteiger partial charge on any atom is 0.0678 e. The summed E-state index contributed by atoms with van der Waals surface area (Å²) in [5.41, 5.74) is -0.346. The number of aliphatic hydroxyl groups is 1. The van der Waals surface area contributed by atoms with E-state index in [2.05, 4.69) is 13.8 Å². The zero-order valence-corrected chi connectivity index (χ0v) is 9.63. The van der Waals surface area contributed by atoms with Crippen molar-refractivity contribution in [1.82, 2.24) is 0 Å². The molecule has 3 unspecified atom stereocenters. The number of hydrogen-bond donors (Lipinski definition) is 1. The van der Waals surface area contributed by atoms with Gasteiger partial charge in [0.1, 0.15) is 0 Å². The molecule has 2 saturated carbocycles. The first-order chi connectivity index (χ1) is 6.66. The minimum Gasteiger partial charge on any atom is -0.390 e. The first kappa shape index (κ1) is 10.5. The Morgan fingerprint density at radius 3 is 2.36 bits per heavy atom. The molecule has 1 N–H and O–H groups in total. The number of hydrogen-bond acceptors (Lipinski definition) is 1. The third kappa shape index (κ3) is 1.84. The van der Waals surface area contributed by atoms with Crippen LogP contribution in [0.25, 0.3) is 0 Å². The van der Waals surface area contributed by atoms with Crippen LogP contribution < -0.4 is 0 Å². The zero-order valence-electron chi connectivity index (χ0n) is 9.63. The van der Waals surface area contributed by atoms with E-state index in [1.54, 1.807) is 0 Å². The van der Waals surface area contributed by atoms with E-state index in [0.717, 1.165) is 5.92 Å². The molecule has 0 amide bonds. The summed E-state index contributed by atoms with van der Waals surface area (Å²) in [6.07, 6.45) is 9.12. The van der Waals surface area contributed by atoms with E-state index in [-0.39, 0.29) is 5.60 Å². The van der Waals surface area contributed by atoms with Crippen molar-refractivity contribution in [3.8, 4) is 0 Å². The Hall–Kier alpha value is -0.0400. The van der Waals surface area contributed by atoms with Crippen molar-refractivity contribution in [1.29, 1.82) is 0 Å². The molecule has 2 rings (SSSR count). The van der Waals surface area contributed by atoms with Crippen LogP contribution in [0.4, 0.5) is 0 Å². The zero-order chi connectivity index (χ0) is 10.2. The second kappa shape index (κ2) is 3.84. The molecule has 0 spiro atoms. The molecule has 82 valence electrons. The smallest absolute Gasteiger partial charge is 0.0678 e. The van der Waals surface area contributed by atoms with Crippen LogP contribution in [0.15, 0.2) is 0 Å². The van der Waals surface area contributed by atoms with Crippen molar-refractivity contribution in [2.75, 3.05) is 0 Å². The van der Waals surface area contributed by atoms with E-state index in [1.807, 2.05) is 0 Å². The molecule has 1 nitrogen and oxygen atoms in total. The minimum atomic E-state index is -0.346. The maximum absolute atomic E-state index is 10.6. The second-order valence-corrected chi connectivity index (χ2v) is 5.56. The van der Waals surface area contributed by atoms with E-state index in [0.29, 0.717) is 11.8 Å². The van der Waals surface area contributed by atoms with Crippen molar-refractivity contribution >= 4 is 0 Å². The summed E-state index contributed by atoms with van der Waals surface area (Å²) >= 11 is 0. The quantitative estimate of drug-likeness (QED) is 0.734. The molecule has 0 aromatic heterocycles. The van der Waals surface area contributed by atoms with Gasteiger partial charge in [0.25, 0.3) is 0 Å². The summed E-state index contributed by atoms with van der Waals surface area (Å²) in [6.45, 7) is 4.38. The average Bonchev–Trinajstić information content (AvgIpc) is 3.01. The van der Waals surface area contributed by atoms with Gasteiger partial charge in [0, 0.05) is 0 Å². The minimum absolute atomic E-state index is 0.346. The van der Waals surface area contributed by atoms with Crippen LogP contribution in [-0.2, 0) is 0 Å². The van der Waals surface area contributed by atoms with Crippen molar-refractivity contribution < 1.29 is 5.11 Å². The Morgan fingerprint density at radius 2 is 1.79 bits per heavy atom. The van der Waals surface area contributed by atoms with Gasteiger partial charge in [-0.1, -0.05) is 32.6 Å². The molecule has 2 aliphatic rings. The highest BCUT2D eigenvalue weighted by molar-refractivity contribution is 4.98. The standard InChI is InChI=1S/C13H24O/c1-3-10-6-4-5-7-12(10)13(2,14)11-8-9-11/h10-12,14H,3-9H2,1-2H3. The molecule has 0 saturated heterocycles. The predicted octanol–water partition coefficient (Wildman–Crippen LogP) is 3.36. The third-order valence-electron chi connectivity index (χ3n) is 4.59. The summed E-state index contributed by atoms with van der Waals surface area (Å²) in [5, 5.41) is 10.6. The largest absolute Gasteiger partial charge is 0.390 e. The average molecular weight is 196 g/mol. The molecule has 0 aliphatic heterocycles. The first-order valence-corrected chi connectivity index (χ1v) is 6.38. The summed E-state index contributed by atoms with van der Waals surface area (Å²) in [4.78, 5) is 0. The molecule has 2 fully saturated rings. The summed E-state index contributed by atoms with van der Waals surface area (Å²) in [7, 11) is 0. The Kier molecular flexibility index (Phi) is 2.88. The fourth-order valence-corrected chi connectivity index (χ4v) is 3.44. The van der Waals surface area contributed by atoms with Gasteiger partial charge in [0.05, 0.1) is 5.60 Å². The fourth-order valence-electron chi connectivity index (χ4n) is 3.44. The van der Waals surface area contributed by atoms with E-state index in [1.165, 1.54) is 44.9 Å². The summed E-state index contributed by atoms with van der Waals surface area (Å²) in [5.74, 6) is 2.01. The van der Waals surface area contributed by atoms with Crippen LogP contribution in [0, 0.1) is 17.8 Å². The van der Waals surface area contributed by atoms with Gasteiger partial charge >= 0.3 is 0 Å². The van der Waals surface area contributed by atoms with Gasteiger partial charge in [-0.2, -0.15) is 0 Å². The van der Waals surface area contributed by atoms with Crippen LogP contribution in [-0.4, -0.2) is 10.7 Å². The highest BCUT2D eigenvalue weighted by Gasteiger charge is 2.47. The van der Waals surface area contributed by atoms with E-state index < -0.39 is 0 Å². The van der Waals surface area contributed by atoms with E-state index in [4.69, 9.17) is 0 Å². The van der Waals surface area contributed by atoms with Crippen LogP contribution in [0.3, 0.4) is 0 Å². The lowest BCUT2D eigenvalue weighted by Crippen LogP contribution is -2.42. The monoisotopic (exact) mass is 196 g/mol. The molecule has 0 bridgehead atoms. The van der Waals surface area contributed by atoms with Gasteiger partial charge in [0.15, 0.2) is 0 Å². The van der Waals surface area contributed by atoms with Crippen LogP contribution in [0.2, 0.25) is 0 Å². The first-order valence-electron chi connectivity index (χ1n) is 6.38. The predicted molar refractivity (Wildman–Crippen MR) is 59.1 cm³/mol. The molecule has 0 aromatic rings. The van der Waals surface area contributed by atoms with Crippen LogP contribution in [0.1, 0.15) is 58.8 Å². The molecule has 2 aliphatic carbocycles. The summed E-state index contributed by atoms with van der Waals surface area (Å²) < 4.78 is 0. The molecule has 14 heavy (non-hydrogen) atoms. The van der Waals surface area contributed by atoms with Crippen LogP contribution >= 0.6 is 0 Å². The van der Waals surface area contributed by atoms with E-state index >= 15 is 0 Å². The Bertz CT molecular complexity index is 193. The van der Waals surface area contributed by atoms with Crippen molar-refractivity contribution in [2.24, 2.45) is 17.8 Å². The van der Waals surface area contributed by atoms with Crippen molar-refractivity contribution in [3.05, 3.63) is 0 Å². The summed E-state index contributed by atoms with van der Waals surface area (Å²) in [6, 6.07) is 0. The van der Waals surface area contributed by atoms with Gasteiger partial charge in [-0.3, -0.25) is 0 Å². The van der Waals surface area contributed by atoms with E-state index in [9.17, 15) is 5.11 Å². The van der Waals surface area contributed by atoms with Crippen molar-refractivity contribution in [2.45, 2.75) is 64.4 Å². The third-order valence-corrected chi connectivity index (χ3v) is 4.59. The van der Waals surface area contributed by atoms with Gasteiger partial charge < -0.3 is 5.11 Å². The lowest BCUT2D eigenvalue weighted by molar-refractivity contribution is -0.0607. The highest BCUT2D eigenvalue weighted by Crippen LogP contribution is 2.49. The Morgan fingerprint density at radius 1 is 1.14 bits per heavy atom. The Balaban J connectivity index is 2.05. The van der Waals surface area contributed by atoms with Gasteiger partial charge in [-0.25, -0.2) is 0 Å². The molecule has 0 aromatic carbocycles. The molecular weight excluding hydrogens is 172 g/mol. The van der Waals surface area contributed by atoms with Gasteiger partial charge in [-0.15, -0.1) is 0 Å². The second-order valence-electron chi connectivity index (χ2n) is 5.56. The topological polar surface area (TPSA) is 20.2 Å². The Labute approximate surface area is 87.9 Å². The van der Waals surface area contributed by atoms with Crippen molar-refractivity contribution in [3.63, 3.8) is 0 Å². The lowest BCUT2D eigenvalue weighted by Gasteiger charge is -2.41.